The summed E-state index contributed by atoms with van der Waals surface area (Å²) >= 11 is 6.86. The smallest absolute Gasteiger partial charge is 0.307 e. The molecule has 0 unspecified atom stereocenters. The van der Waals surface area contributed by atoms with Crippen molar-refractivity contribution in [1.82, 2.24) is 5.43 Å². The van der Waals surface area contributed by atoms with Crippen LogP contribution in [0.5, 0.6) is 0 Å². The molecule has 0 atom stereocenters. The molecule has 0 spiro atoms. The number of fused-ring (bicyclic) bond motifs is 1. The number of hydrogen-bond acceptors (Lipinski definition) is 5. The van der Waals surface area contributed by atoms with Gasteiger partial charge in [-0.2, -0.15) is 5.10 Å². The number of ether oxygens (including phenoxy) is 1. The Kier molecular flexibility index (Phi) is 5.79. The van der Waals surface area contributed by atoms with E-state index >= 15 is 0 Å². The van der Waals surface area contributed by atoms with Gasteiger partial charge in [0.2, 0.25) is 0 Å². The molecule has 8 heteroatoms. The lowest BCUT2D eigenvalue weighted by molar-refractivity contribution is 0.0929. The summed E-state index contributed by atoms with van der Waals surface area (Å²) in [5.41, 5.74) is 5.18. The van der Waals surface area contributed by atoms with Crippen LogP contribution in [0.25, 0.3) is 11.0 Å². The minimum Gasteiger partial charge on any atom is -0.450 e. The molecule has 1 saturated heterocycles. The zero-order valence-corrected chi connectivity index (χ0v) is 18.0. The van der Waals surface area contributed by atoms with Gasteiger partial charge in [-0.3, -0.25) is 4.79 Å². The Bertz CT molecular complexity index is 1030. The van der Waals surface area contributed by atoms with E-state index in [4.69, 9.17) is 9.15 Å². The number of furan rings is 1. The van der Waals surface area contributed by atoms with Crippen LogP contribution in [0.4, 0.5) is 5.69 Å². The van der Waals surface area contributed by atoms with Crippen molar-refractivity contribution in [1.29, 1.82) is 0 Å². The zero-order valence-electron chi connectivity index (χ0n) is 14.8. The predicted octanol–water partition coefficient (Wildman–Crippen LogP) is 4.56. The zero-order chi connectivity index (χ0) is 19.5. The molecular weight excluding hydrogens is 490 g/mol. The Hall–Kier alpha value is -2.16. The van der Waals surface area contributed by atoms with Crippen molar-refractivity contribution in [3.05, 3.63) is 62.7 Å². The highest BCUT2D eigenvalue weighted by molar-refractivity contribution is 9.11. The number of carbonyl (C=O) groups excluding carboxylic acids is 1. The molecule has 1 aliphatic heterocycles. The number of rotatable bonds is 4. The third-order valence-electron chi connectivity index (χ3n) is 4.41. The molecule has 0 saturated carbocycles. The molecule has 3 aromatic rings. The van der Waals surface area contributed by atoms with E-state index in [0.29, 0.717) is 5.58 Å². The van der Waals surface area contributed by atoms with E-state index in [-0.39, 0.29) is 5.76 Å². The molecule has 1 aliphatic rings. The standard InChI is InChI=1S/C20H17Br2N3O3/c21-15-9-14-10-18(28-19(14)17(22)11-15)20(26)24-23-12-13-1-3-16(4-2-13)25-5-7-27-8-6-25/h1-4,9-12H,5-8H2,(H,24,26)/b23-12-. The quantitative estimate of drug-likeness (QED) is 0.416. The third kappa shape index (κ3) is 4.29. The maximum Gasteiger partial charge on any atom is 0.307 e. The van der Waals surface area contributed by atoms with Crippen molar-refractivity contribution in [2.75, 3.05) is 31.2 Å². The second-order valence-electron chi connectivity index (χ2n) is 6.31. The number of anilines is 1. The van der Waals surface area contributed by atoms with E-state index in [9.17, 15) is 4.79 Å². The van der Waals surface area contributed by atoms with Crippen LogP contribution in [-0.2, 0) is 4.74 Å². The second-order valence-corrected chi connectivity index (χ2v) is 8.08. The molecule has 2 aromatic carbocycles. The van der Waals surface area contributed by atoms with Gasteiger partial charge in [0.05, 0.1) is 23.9 Å². The topological polar surface area (TPSA) is 67.1 Å². The molecule has 28 heavy (non-hydrogen) atoms. The number of halogens is 2. The van der Waals surface area contributed by atoms with Gasteiger partial charge >= 0.3 is 5.91 Å². The lowest BCUT2D eigenvalue weighted by Crippen LogP contribution is -2.36. The van der Waals surface area contributed by atoms with Crippen molar-refractivity contribution in [3.63, 3.8) is 0 Å². The van der Waals surface area contributed by atoms with Crippen LogP contribution < -0.4 is 10.3 Å². The number of morpholine rings is 1. The summed E-state index contributed by atoms with van der Waals surface area (Å²) < 4.78 is 12.7. The SMILES string of the molecule is O=C(N/N=C\c1ccc(N2CCOCC2)cc1)c1cc2cc(Br)cc(Br)c2o1. The Morgan fingerprint density at radius 3 is 2.61 bits per heavy atom. The molecule has 0 aliphatic carbocycles. The van der Waals surface area contributed by atoms with Gasteiger partial charge in [0.1, 0.15) is 5.58 Å². The van der Waals surface area contributed by atoms with Crippen LogP contribution in [0.3, 0.4) is 0 Å². The van der Waals surface area contributed by atoms with Crippen molar-refractivity contribution in [3.8, 4) is 0 Å². The Morgan fingerprint density at radius 2 is 1.86 bits per heavy atom. The number of carbonyl (C=O) groups is 1. The van der Waals surface area contributed by atoms with Gasteiger partial charge in [-0.25, -0.2) is 5.43 Å². The molecule has 144 valence electrons. The van der Waals surface area contributed by atoms with E-state index in [1.165, 1.54) is 0 Å². The average Bonchev–Trinajstić information content (AvgIpc) is 3.14. The number of nitrogens with one attached hydrogen (secondary N) is 1. The van der Waals surface area contributed by atoms with Crippen LogP contribution in [0.1, 0.15) is 16.1 Å². The molecule has 4 rings (SSSR count). The van der Waals surface area contributed by atoms with Gasteiger partial charge in [-0.05, 0) is 51.8 Å². The van der Waals surface area contributed by atoms with Gasteiger partial charge in [0.25, 0.3) is 0 Å². The maximum atomic E-state index is 12.3. The van der Waals surface area contributed by atoms with Gasteiger partial charge in [-0.15, -0.1) is 0 Å². The highest BCUT2D eigenvalue weighted by Crippen LogP contribution is 2.30. The fourth-order valence-electron chi connectivity index (χ4n) is 3.00. The monoisotopic (exact) mass is 505 g/mol. The van der Waals surface area contributed by atoms with Crippen LogP contribution in [0.15, 0.2) is 60.9 Å². The summed E-state index contributed by atoms with van der Waals surface area (Å²) in [6.45, 7) is 3.30. The lowest BCUT2D eigenvalue weighted by Gasteiger charge is -2.28. The average molecular weight is 507 g/mol. The Morgan fingerprint density at radius 1 is 1.11 bits per heavy atom. The number of benzene rings is 2. The van der Waals surface area contributed by atoms with Crippen LogP contribution in [0, 0.1) is 0 Å². The molecule has 2 heterocycles. The first-order valence-corrected chi connectivity index (χ1v) is 10.3. The van der Waals surface area contributed by atoms with E-state index in [2.05, 4.69) is 47.3 Å². The van der Waals surface area contributed by atoms with E-state index in [0.717, 1.165) is 51.9 Å². The summed E-state index contributed by atoms with van der Waals surface area (Å²) in [5, 5.41) is 4.86. The van der Waals surface area contributed by atoms with Crippen LogP contribution in [-0.4, -0.2) is 38.4 Å². The number of hydrazone groups is 1. The fourth-order valence-corrected chi connectivity index (χ4v) is 4.34. The summed E-state index contributed by atoms with van der Waals surface area (Å²) in [6, 6.07) is 13.5. The molecule has 1 amide bonds. The Balaban J connectivity index is 1.40. The van der Waals surface area contributed by atoms with Crippen LogP contribution in [0.2, 0.25) is 0 Å². The lowest BCUT2D eigenvalue weighted by atomic mass is 10.2. The molecule has 0 bridgehead atoms. The first-order valence-electron chi connectivity index (χ1n) is 8.75. The van der Waals surface area contributed by atoms with Gasteiger partial charge in [-0.1, -0.05) is 28.1 Å². The summed E-state index contributed by atoms with van der Waals surface area (Å²) in [7, 11) is 0. The van der Waals surface area contributed by atoms with Crippen molar-refractivity contribution in [2.24, 2.45) is 5.10 Å². The molecule has 1 aromatic heterocycles. The van der Waals surface area contributed by atoms with E-state index in [1.54, 1.807) is 12.3 Å². The molecule has 1 N–H and O–H groups in total. The Labute approximate surface area is 178 Å². The highest BCUT2D eigenvalue weighted by Gasteiger charge is 2.14. The highest BCUT2D eigenvalue weighted by atomic mass is 79.9. The van der Waals surface area contributed by atoms with Crippen molar-refractivity contribution >= 4 is 60.6 Å². The second kappa shape index (κ2) is 8.46. The minimum atomic E-state index is -0.402. The predicted molar refractivity (Wildman–Crippen MR) is 116 cm³/mol. The molecule has 0 radical (unpaired) electrons. The molecule has 1 fully saturated rings. The van der Waals surface area contributed by atoms with E-state index in [1.807, 2.05) is 36.4 Å². The van der Waals surface area contributed by atoms with Crippen LogP contribution >= 0.6 is 31.9 Å². The summed E-state index contributed by atoms with van der Waals surface area (Å²) in [4.78, 5) is 14.6. The van der Waals surface area contributed by atoms with Gasteiger partial charge in [0, 0.05) is 28.6 Å². The molecule has 6 nitrogen and oxygen atoms in total. The first-order chi connectivity index (χ1) is 13.6. The summed E-state index contributed by atoms with van der Waals surface area (Å²) in [6.07, 6.45) is 1.61. The van der Waals surface area contributed by atoms with E-state index < -0.39 is 5.91 Å². The van der Waals surface area contributed by atoms with Crippen molar-refractivity contribution < 1.29 is 13.9 Å². The van der Waals surface area contributed by atoms with Gasteiger partial charge < -0.3 is 14.1 Å². The minimum absolute atomic E-state index is 0.202. The largest absolute Gasteiger partial charge is 0.450 e. The normalized spacial score (nSPS) is 14.7. The van der Waals surface area contributed by atoms with Crippen molar-refractivity contribution in [2.45, 2.75) is 0 Å². The summed E-state index contributed by atoms with van der Waals surface area (Å²) in [5.74, 6) is -0.200. The number of nitrogens with zero attached hydrogens (tertiary/aromatic N) is 2. The van der Waals surface area contributed by atoms with Gasteiger partial charge in [0.15, 0.2) is 5.76 Å². The third-order valence-corrected chi connectivity index (χ3v) is 5.46. The fraction of sp³-hybridized carbons (Fsp3) is 0.200. The molecular formula is C20H17Br2N3O3. The number of hydrogen-bond donors (Lipinski definition) is 1. The maximum absolute atomic E-state index is 12.3. The first kappa shape index (κ1) is 19.2. The number of amides is 1.